The molecule has 37 heavy (non-hydrogen) atoms. The zero-order chi connectivity index (χ0) is 27.5. The van der Waals surface area contributed by atoms with Crippen molar-refractivity contribution in [2.45, 2.75) is 33.0 Å². The number of nitrogens with one attached hydrogen (secondary N) is 1. The van der Waals surface area contributed by atoms with Gasteiger partial charge in [0.15, 0.2) is 0 Å². The molecule has 0 saturated heterocycles. The minimum absolute atomic E-state index is 0.0226. The van der Waals surface area contributed by atoms with Crippen molar-refractivity contribution in [3.63, 3.8) is 0 Å². The number of rotatable bonds is 8. The summed E-state index contributed by atoms with van der Waals surface area (Å²) < 4.78 is 73.0. The highest BCUT2D eigenvalue weighted by Gasteiger charge is 2.34. The molecule has 3 aromatic rings. The average Bonchev–Trinajstić information content (AvgIpc) is 3.10. The molecule has 0 spiro atoms. The zero-order valence-electron chi connectivity index (χ0n) is 20.9. The molecule has 0 bridgehead atoms. The van der Waals surface area contributed by atoms with E-state index < -0.39 is 33.7 Å². The number of methoxy groups -OCH3 is 1. The molecule has 0 aliphatic rings. The monoisotopic (exact) mass is 536 g/mol. The predicted molar refractivity (Wildman–Crippen MR) is 136 cm³/mol. The van der Waals surface area contributed by atoms with Crippen molar-refractivity contribution in [3.05, 3.63) is 77.1 Å². The first-order chi connectivity index (χ1) is 17.3. The number of carbonyl (C=O) groups is 1. The maximum atomic E-state index is 13.5. The third kappa shape index (κ3) is 6.13. The molecule has 0 radical (unpaired) electrons. The van der Waals surface area contributed by atoms with Gasteiger partial charge in [0.25, 0.3) is 5.91 Å². The van der Waals surface area contributed by atoms with Crippen LogP contribution in [0.25, 0.3) is 5.69 Å². The average molecular weight is 537 g/mol. The number of nitrogens with zero attached hydrogens (tertiary/aromatic N) is 3. The van der Waals surface area contributed by atoms with Crippen LogP contribution >= 0.6 is 0 Å². The van der Waals surface area contributed by atoms with Crippen LogP contribution in [0.15, 0.2) is 59.7 Å². The maximum absolute atomic E-state index is 13.5. The molecular weight excluding hydrogens is 509 g/mol. The number of hydrazone groups is 1. The first-order valence-corrected chi connectivity index (χ1v) is 12.9. The summed E-state index contributed by atoms with van der Waals surface area (Å²) in [5.41, 5.74) is 3.29. The van der Waals surface area contributed by atoms with E-state index in [9.17, 15) is 26.4 Å². The minimum Gasteiger partial charge on any atom is -0.497 e. The van der Waals surface area contributed by atoms with Crippen LogP contribution in [0.2, 0.25) is 0 Å². The number of benzene rings is 2. The molecule has 0 unspecified atom stereocenters. The lowest BCUT2D eigenvalue weighted by atomic mass is 10.1. The van der Waals surface area contributed by atoms with Crippen molar-refractivity contribution >= 4 is 27.8 Å². The van der Waals surface area contributed by atoms with Crippen molar-refractivity contribution in [1.29, 1.82) is 0 Å². The Hall–Kier alpha value is -3.80. The van der Waals surface area contributed by atoms with Crippen LogP contribution in [0.3, 0.4) is 0 Å². The highest BCUT2D eigenvalue weighted by atomic mass is 32.2. The van der Waals surface area contributed by atoms with Crippen LogP contribution < -0.4 is 14.5 Å². The lowest BCUT2D eigenvalue weighted by Gasteiger charge is -2.27. The van der Waals surface area contributed by atoms with E-state index in [4.69, 9.17) is 4.74 Å². The SMILES string of the molecule is COc1ccc(N([C@@H](C)C(=O)N/N=C\c2cc(C)n(-c3ccccc3C(F)(F)F)c2C)S(C)(=O)=O)cc1. The fourth-order valence-electron chi connectivity index (χ4n) is 3.99. The molecule has 1 N–H and O–H groups in total. The number of sulfonamides is 1. The van der Waals surface area contributed by atoms with Crippen molar-refractivity contribution in [1.82, 2.24) is 9.99 Å². The number of carbonyl (C=O) groups excluding carboxylic acids is 1. The predicted octanol–water partition coefficient (Wildman–Crippen LogP) is 4.43. The number of para-hydroxylation sites is 1. The van der Waals surface area contributed by atoms with Crippen molar-refractivity contribution in [3.8, 4) is 11.4 Å². The normalized spacial score (nSPS) is 13.0. The maximum Gasteiger partial charge on any atom is 0.418 e. The fourth-order valence-corrected chi connectivity index (χ4v) is 5.17. The molecule has 1 heterocycles. The Bertz CT molecular complexity index is 1410. The number of hydrogen-bond donors (Lipinski definition) is 1. The molecule has 2 aromatic carbocycles. The molecule has 3 rings (SSSR count). The summed E-state index contributed by atoms with van der Waals surface area (Å²) in [6.07, 6.45) is -2.25. The van der Waals surface area contributed by atoms with E-state index in [1.54, 1.807) is 32.0 Å². The Morgan fingerprint density at radius 2 is 1.76 bits per heavy atom. The van der Waals surface area contributed by atoms with E-state index >= 15 is 0 Å². The summed E-state index contributed by atoms with van der Waals surface area (Å²) >= 11 is 0. The van der Waals surface area contributed by atoms with Gasteiger partial charge in [-0.25, -0.2) is 13.8 Å². The van der Waals surface area contributed by atoms with Crippen molar-refractivity contribution in [2.24, 2.45) is 5.10 Å². The lowest BCUT2D eigenvalue weighted by Crippen LogP contribution is -2.46. The van der Waals surface area contributed by atoms with E-state index in [1.807, 2.05) is 0 Å². The van der Waals surface area contributed by atoms with Gasteiger partial charge in [0, 0.05) is 17.0 Å². The first-order valence-electron chi connectivity index (χ1n) is 11.1. The van der Waals surface area contributed by atoms with Gasteiger partial charge in [-0.2, -0.15) is 18.3 Å². The summed E-state index contributed by atoms with van der Waals surface area (Å²) in [5, 5.41) is 3.93. The third-order valence-electron chi connectivity index (χ3n) is 5.71. The zero-order valence-corrected chi connectivity index (χ0v) is 21.7. The standard InChI is InChI=1S/C25H27F3N4O4S/c1-16-14-19(17(2)31(16)23-9-7-6-8-22(23)25(26,27)28)15-29-30-24(33)18(3)32(37(5,34)35)20-10-12-21(36-4)13-11-20/h6-15,18H,1-5H3,(H,30,33)/b29-15-/t18-/m0/s1. The van der Waals surface area contributed by atoms with Crippen LogP contribution in [-0.4, -0.2) is 44.5 Å². The molecule has 198 valence electrons. The molecule has 0 aliphatic carbocycles. The van der Waals surface area contributed by atoms with Crippen LogP contribution in [0.4, 0.5) is 18.9 Å². The highest BCUT2D eigenvalue weighted by molar-refractivity contribution is 7.92. The molecule has 8 nitrogen and oxygen atoms in total. The number of aromatic nitrogens is 1. The topological polar surface area (TPSA) is 93.0 Å². The molecular formula is C25H27F3N4O4S. The van der Waals surface area contributed by atoms with Crippen molar-refractivity contribution < 1.29 is 31.1 Å². The number of aryl methyl sites for hydroxylation is 1. The molecule has 1 atom stereocenters. The molecule has 12 heteroatoms. The molecule has 1 aromatic heterocycles. The molecule has 0 fully saturated rings. The number of hydrogen-bond acceptors (Lipinski definition) is 5. The third-order valence-corrected chi connectivity index (χ3v) is 6.96. The second kappa shape index (κ2) is 10.7. The Balaban J connectivity index is 1.84. The van der Waals surface area contributed by atoms with E-state index in [0.29, 0.717) is 22.7 Å². The Morgan fingerprint density at radius 3 is 2.32 bits per heavy atom. The number of ether oxygens (including phenoxy) is 1. The number of amides is 1. The number of alkyl halides is 3. The highest BCUT2D eigenvalue weighted by Crippen LogP contribution is 2.35. The van der Waals surface area contributed by atoms with Gasteiger partial charge in [-0.3, -0.25) is 9.10 Å². The largest absolute Gasteiger partial charge is 0.497 e. The van der Waals surface area contributed by atoms with Crippen LogP contribution in [0.1, 0.15) is 29.4 Å². The summed E-state index contributed by atoms with van der Waals surface area (Å²) in [5.74, 6) is -0.178. The summed E-state index contributed by atoms with van der Waals surface area (Å²) in [7, 11) is -2.35. The van der Waals surface area contributed by atoms with Crippen molar-refractivity contribution in [2.75, 3.05) is 17.7 Å². The second-order valence-corrected chi connectivity index (χ2v) is 10.2. The van der Waals surface area contributed by atoms with Gasteiger partial charge in [-0.1, -0.05) is 12.1 Å². The number of halogens is 3. The first kappa shape index (κ1) is 27.8. The van der Waals surface area contributed by atoms with Gasteiger partial charge in [0.1, 0.15) is 11.8 Å². The van der Waals surface area contributed by atoms with Crippen LogP contribution in [0.5, 0.6) is 5.75 Å². The Labute approximate surface area is 213 Å². The van der Waals surface area contributed by atoms with Gasteiger partial charge in [0.2, 0.25) is 10.0 Å². The Kier molecular flexibility index (Phi) is 8.01. The summed E-state index contributed by atoms with van der Waals surface area (Å²) in [6.45, 7) is 4.72. The molecule has 0 saturated carbocycles. The van der Waals surface area contributed by atoms with Gasteiger partial charge in [0.05, 0.1) is 36.5 Å². The number of anilines is 1. The van der Waals surface area contributed by atoms with Crippen LogP contribution in [0, 0.1) is 13.8 Å². The van der Waals surface area contributed by atoms with E-state index in [1.165, 1.54) is 55.1 Å². The minimum atomic E-state index is -4.53. The molecule has 0 aliphatic heterocycles. The Morgan fingerprint density at radius 1 is 1.14 bits per heavy atom. The van der Waals surface area contributed by atoms with Gasteiger partial charge >= 0.3 is 6.18 Å². The quantitative estimate of drug-likeness (QED) is 0.341. The lowest BCUT2D eigenvalue weighted by molar-refractivity contribution is -0.137. The summed E-state index contributed by atoms with van der Waals surface area (Å²) in [6, 6.07) is 11.9. The second-order valence-electron chi connectivity index (χ2n) is 8.34. The molecule has 1 amide bonds. The van der Waals surface area contributed by atoms with E-state index in [0.717, 1.165) is 16.6 Å². The van der Waals surface area contributed by atoms with Crippen LogP contribution in [-0.2, 0) is 21.0 Å². The van der Waals surface area contributed by atoms with Gasteiger partial charge < -0.3 is 9.30 Å². The smallest absolute Gasteiger partial charge is 0.418 e. The van der Waals surface area contributed by atoms with E-state index in [2.05, 4.69) is 10.5 Å². The van der Waals surface area contributed by atoms with Gasteiger partial charge in [-0.05, 0) is 63.2 Å². The fraction of sp³-hybridized carbons (Fsp3) is 0.280. The summed E-state index contributed by atoms with van der Waals surface area (Å²) in [4.78, 5) is 12.8. The van der Waals surface area contributed by atoms with E-state index in [-0.39, 0.29) is 11.4 Å². The van der Waals surface area contributed by atoms with Gasteiger partial charge in [-0.15, -0.1) is 0 Å².